The molecule has 0 saturated heterocycles. The fraction of sp³-hybridized carbons (Fsp3) is 0.438. The number of nitrogens with two attached hydrogens (primary N) is 1. The standard InChI is InChI=1S/C16H22FN5O.HI/c1-3-22(4-2)16(18)19-11-5-6-14-20-15(21-23-14)12-7-9-13(17)10-8-12;/h7-10H,3-6,11H2,1-2H3,(H2,18,19);1H. The summed E-state index contributed by atoms with van der Waals surface area (Å²) < 4.78 is 18.1. The van der Waals surface area contributed by atoms with E-state index in [1.54, 1.807) is 12.1 Å². The summed E-state index contributed by atoms with van der Waals surface area (Å²) in [6.07, 6.45) is 1.40. The zero-order chi connectivity index (χ0) is 16.7. The van der Waals surface area contributed by atoms with E-state index in [-0.39, 0.29) is 29.8 Å². The second-order valence-corrected chi connectivity index (χ2v) is 5.03. The minimum Gasteiger partial charge on any atom is -0.370 e. The van der Waals surface area contributed by atoms with Crippen LogP contribution in [0.3, 0.4) is 0 Å². The van der Waals surface area contributed by atoms with E-state index < -0.39 is 0 Å². The van der Waals surface area contributed by atoms with Crippen LogP contribution in [0.5, 0.6) is 0 Å². The number of rotatable bonds is 7. The molecular weight excluding hydrogens is 424 g/mol. The van der Waals surface area contributed by atoms with E-state index in [2.05, 4.69) is 15.1 Å². The minimum absolute atomic E-state index is 0. The van der Waals surface area contributed by atoms with Gasteiger partial charge in [0.15, 0.2) is 5.96 Å². The molecule has 0 amide bonds. The van der Waals surface area contributed by atoms with Crippen molar-refractivity contribution in [2.24, 2.45) is 10.7 Å². The molecular formula is C16H23FIN5O. The maximum Gasteiger partial charge on any atom is 0.227 e. The first-order valence-corrected chi connectivity index (χ1v) is 7.77. The van der Waals surface area contributed by atoms with E-state index in [4.69, 9.17) is 10.3 Å². The van der Waals surface area contributed by atoms with E-state index in [1.807, 2.05) is 18.7 Å². The second kappa shape index (κ2) is 10.2. The first-order valence-electron chi connectivity index (χ1n) is 7.77. The summed E-state index contributed by atoms with van der Waals surface area (Å²) in [5, 5.41) is 3.91. The Kier molecular flexibility index (Phi) is 8.66. The molecule has 2 aromatic rings. The van der Waals surface area contributed by atoms with Gasteiger partial charge in [-0.15, -0.1) is 24.0 Å². The van der Waals surface area contributed by atoms with E-state index in [0.717, 1.165) is 25.1 Å². The molecule has 0 unspecified atom stereocenters. The van der Waals surface area contributed by atoms with Gasteiger partial charge in [-0.1, -0.05) is 5.16 Å². The van der Waals surface area contributed by atoms with Gasteiger partial charge in [0.2, 0.25) is 11.7 Å². The molecule has 8 heteroatoms. The van der Waals surface area contributed by atoms with Crippen LogP contribution in [0.1, 0.15) is 26.2 Å². The van der Waals surface area contributed by atoms with Crippen LogP contribution in [0.25, 0.3) is 11.4 Å². The van der Waals surface area contributed by atoms with Crippen molar-refractivity contribution in [2.45, 2.75) is 26.7 Å². The third-order valence-electron chi connectivity index (χ3n) is 3.48. The Labute approximate surface area is 158 Å². The smallest absolute Gasteiger partial charge is 0.227 e. The van der Waals surface area contributed by atoms with Crippen molar-refractivity contribution in [2.75, 3.05) is 19.6 Å². The van der Waals surface area contributed by atoms with Gasteiger partial charge in [-0.3, -0.25) is 4.99 Å². The van der Waals surface area contributed by atoms with Gasteiger partial charge in [0.05, 0.1) is 0 Å². The Morgan fingerprint density at radius 3 is 2.54 bits per heavy atom. The molecule has 0 bridgehead atoms. The molecule has 6 nitrogen and oxygen atoms in total. The Balaban J connectivity index is 0.00000288. The van der Waals surface area contributed by atoms with Crippen molar-refractivity contribution in [3.05, 3.63) is 36.0 Å². The molecule has 0 radical (unpaired) electrons. The lowest BCUT2D eigenvalue weighted by Gasteiger charge is -2.19. The minimum atomic E-state index is -0.291. The molecule has 1 heterocycles. The zero-order valence-corrected chi connectivity index (χ0v) is 16.2. The van der Waals surface area contributed by atoms with Gasteiger partial charge in [0.25, 0.3) is 0 Å². The van der Waals surface area contributed by atoms with Gasteiger partial charge in [0, 0.05) is 31.6 Å². The molecule has 132 valence electrons. The SMILES string of the molecule is CCN(CC)C(N)=NCCCc1nc(-c2ccc(F)cc2)no1.I. The molecule has 1 aromatic heterocycles. The third kappa shape index (κ3) is 5.73. The number of guanidine groups is 1. The average Bonchev–Trinajstić information content (AvgIpc) is 3.02. The van der Waals surface area contributed by atoms with E-state index in [9.17, 15) is 4.39 Å². The molecule has 1 aromatic carbocycles. The Morgan fingerprint density at radius 2 is 1.92 bits per heavy atom. The second-order valence-electron chi connectivity index (χ2n) is 5.03. The van der Waals surface area contributed by atoms with E-state index >= 15 is 0 Å². The monoisotopic (exact) mass is 447 g/mol. The number of aryl methyl sites for hydroxylation is 1. The highest BCUT2D eigenvalue weighted by atomic mass is 127. The fourth-order valence-corrected chi connectivity index (χ4v) is 2.14. The van der Waals surface area contributed by atoms with Crippen molar-refractivity contribution in [1.29, 1.82) is 0 Å². The summed E-state index contributed by atoms with van der Waals surface area (Å²) in [7, 11) is 0. The normalized spacial score (nSPS) is 11.2. The van der Waals surface area contributed by atoms with Gasteiger partial charge in [-0.05, 0) is 44.5 Å². The predicted molar refractivity (Wildman–Crippen MR) is 103 cm³/mol. The van der Waals surface area contributed by atoms with Gasteiger partial charge in [-0.2, -0.15) is 4.98 Å². The van der Waals surface area contributed by atoms with Gasteiger partial charge < -0.3 is 15.2 Å². The largest absolute Gasteiger partial charge is 0.370 e. The molecule has 0 atom stereocenters. The average molecular weight is 447 g/mol. The highest BCUT2D eigenvalue weighted by Gasteiger charge is 2.08. The molecule has 2 rings (SSSR count). The van der Waals surface area contributed by atoms with E-state index in [0.29, 0.717) is 30.6 Å². The van der Waals surface area contributed by atoms with Gasteiger partial charge in [0.1, 0.15) is 5.82 Å². The number of aliphatic imine (C=N–C) groups is 1. The van der Waals surface area contributed by atoms with Gasteiger partial charge in [-0.25, -0.2) is 4.39 Å². The van der Waals surface area contributed by atoms with Crippen LogP contribution < -0.4 is 5.73 Å². The van der Waals surface area contributed by atoms with Crippen molar-refractivity contribution in [3.63, 3.8) is 0 Å². The Bertz CT molecular complexity index is 640. The van der Waals surface area contributed by atoms with Crippen molar-refractivity contribution < 1.29 is 8.91 Å². The number of nitrogens with zero attached hydrogens (tertiary/aromatic N) is 4. The molecule has 2 N–H and O–H groups in total. The lowest BCUT2D eigenvalue weighted by Crippen LogP contribution is -2.37. The lowest BCUT2D eigenvalue weighted by molar-refractivity contribution is 0.376. The maximum absolute atomic E-state index is 12.9. The van der Waals surface area contributed by atoms with E-state index in [1.165, 1.54) is 12.1 Å². The molecule has 0 aliphatic rings. The van der Waals surface area contributed by atoms with Crippen LogP contribution >= 0.6 is 24.0 Å². The third-order valence-corrected chi connectivity index (χ3v) is 3.48. The summed E-state index contributed by atoms with van der Waals surface area (Å²) in [5.41, 5.74) is 6.63. The Morgan fingerprint density at radius 1 is 1.25 bits per heavy atom. The quantitative estimate of drug-likeness (QED) is 0.306. The number of hydrogen-bond acceptors (Lipinski definition) is 4. The summed E-state index contributed by atoms with van der Waals surface area (Å²) in [4.78, 5) is 10.6. The number of hydrogen-bond donors (Lipinski definition) is 1. The molecule has 0 spiro atoms. The number of halogens is 2. The highest BCUT2D eigenvalue weighted by Crippen LogP contribution is 2.16. The first-order chi connectivity index (χ1) is 11.1. The zero-order valence-electron chi connectivity index (χ0n) is 13.9. The van der Waals surface area contributed by atoms with Crippen molar-refractivity contribution >= 4 is 29.9 Å². The first kappa shape index (κ1) is 20.3. The predicted octanol–water partition coefficient (Wildman–Crippen LogP) is 3.08. The van der Waals surface area contributed by atoms with Crippen LogP contribution in [-0.4, -0.2) is 40.6 Å². The molecule has 24 heavy (non-hydrogen) atoms. The van der Waals surface area contributed by atoms with Crippen molar-refractivity contribution in [1.82, 2.24) is 15.0 Å². The van der Waals surface area contributed by atoms with Crippen LogP contribution in [0.4, 0.5) is 4.39 Å². The highest BCUT2D eigenvalue weighted by molar-refractivity contribution is 14.0. The summed E-state index contributed by atoms with van der Waals surface area (Å²) >= 11 is 0. The van der Waals surface area contributed by atoms with Crippen LogP contribution in [-0.2, 0) is 6.42 Å². The van der Waals surface area contributed by atoms with Crippen LogP contribution in [0.2, 0.25) is 0 Å². The fourth-order valence-electron chi connectivity index (χ4n) is 2.14. The summed E-state index contributed by atoms with van der Waals surface area (Å²) in [6, 6.07) is 5.99. The summed E-state index contributed by atoms with van der Waals surface area (Å²) in [6.45, 7) is 6.38. The number of aromatic nitrogens is 2. The molecule has 0 aliphatic carbocycles. The molecule has 0 saturated carbocycles. The van der Waals surface area contributed by atoms with Crippen molar-refractivity contribution in [3.8, 4) is 11.4 Å². The Hall–Kier alpha value is -1.71. The van der Waals surface area contributed by atoms with Crippen LogP contribution in [0, 0.1) is 5.82 Å². The lowest BCUT2D eigenvalue weighted by atomic mass is 10.2. The molecule has 0 fully saturated rings. The van der Waals surface area contributed by atoms with Crippen LogP contribution in [0.15, 0.2) is 33.8 Å². The number of benzene rings is 1. The molecule has 0 aliphatic heterocycles. The maximum atomic E-state index is 12.9. The summed E-state index contributed by atoms with van der Waals surface area (Å²) in [5.74, 6) is 1.28. The topological polar surface area (TPSA) is 80.5 Å². The van der Waals surface area contributed by atoms with Gasteiger partial charge >= 0.3 is 0 Å².